The number of aromatic nitrogens is 1. The highest BCUT2D eigenvalue weighted by Gasteiger charge is 2.09. The van der Waals surface area contributed by atoms with Crippen molar-refractivity contribution in [1.82, 2.24) is 10.3 Å². The van der Waals surface area contributed by atoms with Gasteiger partial charge in [0, 0.05) is 11.8 Å². The van der Waals surface area contributed by atoms with Crippen LogP contribution in [0.2, 0.25) is 0 Å². The summed E-state index contributed by atoms with van der Waals surface area (Å²) in [5.41, 5.74) is 2.50. The number of carbonyl (C=O) groups is 1. The van der Waals surface area contributed by atoms with Gasteiger partial charge in [0.25, 0.3) is 5.91 Å². The summed E-state index contributed by atoms with van der Waals surface area (Å²) in [6, 6.07) is 11.1. The van der Waals surface area contributed by atoms with E-state index in [-0.39, 0.29) is 5.91 Å². The molecule has 0 bridgehead atoms. The lowest BCUT2D eigenvalue weighted by molar-refractivity contribution is 0.0950. The molecule has 1 N–H and O–H groups in total. The Morgan fingerprint density at radius 3 is 2.80 bits per heavy atom. The number of nitrogens with zero attached hydrogens (tertiary/aromatic N) is 1. The third-order valence-corrected chi connectivity index (χ3v) is 3.08. The first-order valence-electron chi connectivity index (χ1n) is 6.59. The first-order chi connectivity index (χ1) is 9.74. The Labute approximate surface area is 118 Å². The highest BCUT2D eigenvalue weighted by atomic mass is 16.5. The zero-order chi connectivity index (χ0) is 14.4. The second kappa shape index (κ2) is 6.70. The minimum absolute atomic E-state index is 0.104. The summed E-state index contributed by atoms with van der Waals surface area (Å²) in [7, 11) is 1.63. The van der Waals surface area contributed by atoms with Crippen molar-refractivity contribution in [2.24, 2.45) is 0 Å². The van der Waals surface area contributed by atoms with Crippen molar-refractivity contribution < 1.29 is 9.53 Å². The second-order valence-electron chi connectivity index (χ2n) is 4.38. The number of rotatable bonds is 5. The molecule has 1 amide bonds. The molecule has 0 unspecified atom stereocenters. The van der Waals surface area contributed by atoms with Crippen LogP contribution in [0, 0.1) is 0 Å². The van der Waals surface area contributed by atoms with Gasteiger partial charge in [0.1, 0.15) is 5.75 Å². The van der Waals surface area contributed by atoms with E-state index >= 15 is 0 Å². The number of ether oxygens (including phenoxy) is 1. The molecule has 4 heteroatoms. The van der Waals surface area contributed by atoms with Crippen LogP contribution in [0.1, 0.15) is 28.5 Å². The molecule has 1 heterocycles. The minimum Gasteiger partial charge on any atom is -0.496 e. The topological polar surface area (TPSA) is 51.2 Å². The molecule has 0 aliphatic rings. The summed E-state index contributed by atoms with van der Waals surface area (Å²) in [4.78, 5) is 16.3. The average Bonchev–Trinajstić information content (AvgIpc) is 2.52. The van der Waals surface area contributed by atoms with E-state index in [0.717, 1.165) is 23.4 Å². The third-order valence-electron chi connectivity index (χ3n) is 3.08. The molecule has 0 saturated heterocycles. The van der Waals surface area contributed by atoms with E-state index in [2.05, 4.69) is 10.3 Å². The van der Waals surface area contributed by atoms with E-state index < -0.39 is 0 Å². The molecule has 2 rings (SSSR count). The molecule has 0 aliphatic carbocycles. The van der Waals surface area contributed by atoms with Crippen molar-refractivity contribution in [3.63, 3.8) is 0 Å². The van der Waals surface area contributed by atoms with Gasteiger partial charge in [0.05, 0.1) is 19.3 Å². The smallest absolute Gasteiger partial charge is 0.251 e. The Balaban J connectivity index is 2.06. The van der Waals surface area contributed by atoms with Gasteiger partial charge in [0.15, 0.2) is 0 Å². The maximum atomic E-state index is 12.1. The molecule has 0 aliphatic heterocycles. The van der Waals surface area contributed by atoms with Gasteiger partial charge < -0.3 is 10.1 Å². The molecule has 0 fully saturated rings. The van der Waals surface area contributed by atoms with Crippen molar-refractivity contribution >= 4 is 5.91 Å². The fourth-order valence-electron chi connectivity index (χ4n) is 1.97. The number of nitrogens with one attached hydrogen (secondary N) is 1. The number of pyridine rings is 1. The zero-order valence-electron chi connectivity index (χ0n) is 11.7. The van der Waals surface area contributed by atoms with Gasteiger partial charge in [-0.2, -0.15) is 0 Å². The molecule has 1 aromatic carbocycles. The van der Waals surface area contributed by atoms with E-state index in [0.29, 0.717) is 12.1 Å². The van der Waals surface area contributed by atoms with Crippen LogP contribution in [-0.2, 0) is 13.0 Å². The SMILES string of the molecule is CCc1cc(C(=O)NCc2ccccn2)ccc1OC. The Morgan fingerprint density at radius 1 is 1.30 bits per heavy atom. The van der Waals surface area contributed by atoms with Crippen LogP contribution in [0.15, 0.2) is 42.6 Å². The van der Waals surface area contributed by atoms with Crippen molar-refractivity contribution in [2.45, 2.75) is 19.9 Å². The van der Waals surface area contributed by atoms with Crippen LogP contribution in [0.5, 0.6) is 5.75 Å². The highest BCUT2D eigenvalue weighted by Crippen LogP contribution is 2.20. The number of carbonyl (C=O) groups excluding carboxylic acids is 1. The Kier molecular flexibility index (Phi) is 4.71. The van der Waals surface area contributed by atoms with Gasteiger partial charge in [-0.1, -0.05) is 13.0 Å². The lowest BCUT2D eigenvalue weighted by Gasteiger charge is -2.09. The van der Waals surface area contributed by atoms with Gasteiger partial charge in [-0.3, -0.25) is 9.78 Å². The fourth-order valence-corrected chi connectivity index (χ4v) is 1.97. The van der Waals surface area contributed by atoms with E-state index in [1.807, 2.05) is 37.3 Å². The molecule has 2 aromatic rings. The molecule has 0 spiro atoms. The number of hydrogen-bond acceptors (Lipinski definition) is 3. The minimum atomic E-state index is -0.104. The number of benzene rings is 1. The molecule has 0 saturated carbocycles. The van der Waals surface area contributed by atoms with Crippen LogP contribution in [-0.4, -0.2) is 18.0 Å². The van der Waals surface area contributed by atoms with Gasteiger partial charge in [-0.15, -0.1) is 0 Å². The van der Waals surface area contributed by atoms with Crippen LogP contribution in [0.3, 0.4) is 0 Å². The normalized spacial score (nSPS) is 10.1. The molecule has 104 valence electrons. The molecule has 4 nitrogen and oxygen atoms in total. The summed E-state index contributed by atoms with van der Waals surface area (Å²) >= 11 is 0. The van der Waals surface area contributed by atoms with Gasteiger partial charge in [0.2, 0.25) is 0 Å². The maximum Gasteiger partial charge on any atom is 0.251 e. The molecular weight excluding hydrogens is 252 g/mol. The first-order valence-corrected chi connectivity index (χ1v) is 6.59. The Morgan fingerprint density at radius 2 is 2.15 bits per heavy atom. The summed E-state index contributed by atoms with van der Waals surface area (Å²) in [5, 5.41) is 2.86. The van der Waals surface area contributed by atoms with E-state index in [9.17, 15) is 4.79 Å². The van der Waals surface area contributed by atoms with Gasteiger partial charge >= 0.3 is 0 Å². The molecule has 0 atom stereocenters. The number of hydrogen-bond donors (Lipinski definition) is 1. The predicted octanol–water partition coefficient (Wildman–Crippen LogP) is 2.58. The Bertz CT molecular complexity index is 582. The largest absolute Gasteiger partial charge is 0.496 e. The van der Waals surface area contributed by atoms with Crippen molar-refractivity contribution in [1.29, 1.82) is 0 Å². The Hall–Kier alpha value is -2.36. The fraction of sp³-hybridized carbons (Fsp3) is 0.250. The third kappa shape index (κ3) is 3.35. The van der Waals surface area contributed by atoms with Crippen LogP contribution in [0.25, 0.3) is 0 Å². The van der Waals surface area contributed by atoms with E-state index in [1.54, 1.807) is 19.4 Å². The van der Waals surface area contributed by atoms with E-state index in [4.69, 9.17) is 4.74 Å². The summed E-state index contributed by atoms with van der Waals surface area (Å²) < 4.78 is 5.26. The molecule has 1 aromatic heterocycles. The highest BCUT2D eigenvalue weighted by molar-refractivity contribution is 5.94. The van der Waals surface area contributed by atoms with Crippen LogP contribution >= 0.6 is 0 Å². The first kappa shape index (κ1) is 14.1. The maximum absolute atomic E-state index is 12.1. The monoisotopic (exact) mass is 270 g/mol. The molecular formula is C16H18N2O2. The molecule has 0 radical (unpaired) electrons. The number of amides is 1. The van der Waals surface area contributed by atoms with Crippen LogP contribution in [0.4, 0.5) is 0 Å². The second-order valence-corrected chi connectivity index (χ2v) is 4.38. The zero-order valence-corrected chi connectivity index (χ0v) is 11.7. The van der Waals surface area contributed by atoms with Crippen molar-refractivity contribution in [3.05, 3.63) is 59.4 Å². The number of methoxy groups -OCH3 is 1. The standard InChI is InChI=1S/C16H18N2O2/c1-3-12-10-13(7-8-15(12)20-2)16(19)18-11-14-6-4-5-9-17-14/h4-10H,3,11H2,1-2H3,(H,18,19). The molecule has 20 heavy (non-hydrogen) atoms. The van der Waals surface area contributed by atoms with Gasteiger partial charge in [-0.05, 0) is 42.3 Å². The van der Waals surface area contributed by atoms with Crippen molar-refractivity contribution in [2.75, 3.05) is 7.11 Å². The van der Waals surface area contributed by atoms with Crippen LogP contribution < -0.4 is 10.1 Å². The quantitative estimate of drug-likeness (QED) is 0.908. The number of aryl methyl sites for hydroxylation is 1. The lowest BCUT2D eigenvalue weighted by atomic mass is 10.1. The van der Waals surface area contributed by atoms with E-state index in [1.165, 1.54) is 0 Å². The van der Waals surface area contributed by atoms with Gasteiger partial charge in [-0.25, -0.2) is 0 Å². The predicted molar refractivity (Wildman–Crippen MR) is 77.8 cm³/mol. The summed E-state index contributed by atoms with van der Waals surface area (Å²) in [5.74, 6) is 0.710. The van der Waals surface area contributed by atoms with Crippen molar-refractivity contribution in [3.8, 4) is 5.75 Å². The lowest BCUT2D eigenvalue weighted by Crippen LogP contribution is -2.23. The summed E-state index contributed by atoms with van der Waals surface area (Å²) in [6.07, 6.45) is 2.54. The average molecular weight is 270 g/mol. The summed E-state index contributed by atoms with van der Waals surface area (Å²) in [6.45, 7) is 2.46.